The molecule has 1 unspecified atom stereocenters. The number of fused-ring (bicyclic) bond motifs is 1. The van der Waals surface area contributed by atoms with E-state index in [9.17, 15) is 0 Å². The summed E-state index contributed by atoms with van der Waals surface area (Å²) in [5, 5.41) is 3.24. The minimum Gasteiger partial charge on any atom is -0.322 e. The average Bonchev–Trinajstić information content (AvgIpc) is 3.05. The molecule has 0 spiro atoms. The van der Waals surface area contributed by atoms with Gasteiger partial charge in [-0.25, -0.2) is 9.97 Å². The van der Waals surface area contributed by atoms with Gasteiger partial charge in [-0.1, -0.05) is 6.92 Å². The van der Waals surface area contributed by atoms with Gasteiger partial charge >= 0.3 is 0 Å². The number of hydrogen-bond acceptors (Lipinski definition) is 3. The summed E-state index contributed by atoms with van der Waals surface area (Å²) >= 11 is 7.60. The van der Waals surface area contributed by atoms with Crippen molar-refractivity contribution in [1.29, 1.82) is 0 Å². The van der Waals surface area contributed by atoms with Crippen LogP contribution < -0.4 is 0 Å². The van der Waals surface area contributed by atoms with E-state index >= 15 is 0 Å². The molecule has 108 valence electrons. The lowest BCUT2D eigenvalue weighted by Gasteiger charge is -2.21. The Morgan fingerprint density at radius 3 is 2.85 bits per heavy atom. The Bertz CT molecular complexity index is 602. The van der Waals surface area contributed by atoms with E-state index in [1.54, 1.807) is 11.3 Å². The molecule has 2 aromatic heterocycles. The smallest absolute Gasteiger partial charge is 0.116 e. The average molecular weight is 310 g/mol. The van der Waals surface area contributed by atoms with Crippen molar-refractivity contribution < 1.29 is 0 Å². The van der Waals surface area contributed by atoms with Crippen molar-refractivity contribution in [2.45, 2.75) is 57.9 Å². The van der Waals surface area contributed by atoms with Crippen molar-refractivity contribution in [2.24, 2.45) is 0 Å². The molecule has 0 aliphatic heterocycles. The Morgan fingerprint density at radius 2 is 2.15 bits per heavy atom. The molecule has 0 N–H and O–H groups in total. The number of imidazole rings is 1. The van der Waals surface area contributed by atoms with Crippen molar-refractivity contribution in [1.82, 2.24) is 14.5 Å². The van der Waals surface area contributed by atoms with Crippen LogP contribution in [0.25, 0.3) is 0 Å². The second kappa shape index (κ2) is 5.86. The fourth-order valence-electron chi connectivity index (χ4n) is 3.12. The Kier molecular flexibility index (Phi) is 4.13. The fourth-order valence-corrected chi connectivity index (χ4v) is 4.34. The maximum atomic E-state index is 5.88. The topological polar surface area (TPSA) is 30.7 Å². The number of hydrogen-bond donors (Lipinski definition) is 0. The highest BCUT2D eigenvalue weighted by Crippen LogP contribution is 2.32. The minimum atomic E-state index is 0.311. The molecule has 0 aromatic carbocycles. The molecule has 3 rings (SSSR count). The zero-order chi connectivity index (χ0) is 14.1. The number of thiazole rings is 1. The number of aryl methyl sites for hydroxylation is 2. The van der Waals surface area contributed by atoms with Crippen LogP contribution >= 0.6 is 22.9 Å². The quantitative estimate of drug-likeness (QED) is 0.790. The van der Waals surface area contributed by atoms with Gasteiger partial charge in [0.2, 0.25) is 0 Å². The number of alkyl halides is 1. The summed E-state index contributed by atoms with van der Waals surface area (Å²) in [5.74, 6) is 1.62. The van der Waals surface area contributed by atoms with Gasteiger partial charge in [-0.2, -0.15) is 0 Å². The molecule has 0 radical (unpaired) electrons. The highest BCUT2D eigenvalue weighted by molar-refractivity contribution is 7.09. The second-order valence-corrected chi connectivity index (χ2v) is 6.52. The van der Waals surface area contributed by atoms with Gasteiger partial charge in [0.1, 0.15) is 10.8 Å². The van der Waals surface area contributed by atoms with Gasteiger partial charge in [0.15, 0.2) is 0 Å². The maximum Gasteiger partial charge on any atom is 0.116 e. The van der Waals surface area contributed by atoms with Crippen molar-refractivity contribution in [3.05, 3.63) is 33.3 Å². The van der Waals surface area contributed by atoms with E-state index in [1.165, 1.54) is 24.2 Å². The van der Waals surface area contributed by atoms with Crippen LogP contribution in [0, 0.1) is 6.92 Å². The predicted molar refractivity (Wildman–Crippen MR) is 83.7 cm³/mol. The van der Waals surface area contributed by atoms with Crippen LogP contribution in [0.2, 0.25) is 0 Å². The normalized spacial score (nSPS) is 16.1. The summed E-state index contributed by atoms with van der Waals surface area (Å²) in [6.45, 7) is 4.35. The molecular weight excluding hydrogens is 290 g/mol. The highest BCUT2D eigenvalue weighted by atomic mass is 35.5. The van der Waals surface area contributed by atoms with E-state index in [4.69, 9.17) is 16.6 Å². The summed E-state index contributed by atoms with van der Waals surface area (Å²) in [5.41, 5.74) is 3.72. The van der Waals surface area contributed by atoms with E-state index in [0.29, 0.717) is 11.9 Å². The molecule has 2 aromatic rings. The van der Waals surface area contributed by atoms with Crippen molar-refractivity contribution in [3.8, 4) is 0 Å². The molecule has 20 heavy (non-hydrogen) atoms. The fraction of sp³-hybridized carbons (Fsp3) is 0.600. The first-order valence-corrected chi connectivity index (χ1v) is 8.72. The van der Waals surface area contributed by atoms with Crippen LogP contribution in [0.1, 0.15) is 60.1 Å². The lowest BCUT2D eigenvalue weighted by Crippen LogP contribution is -2.16. The van der Waals surface area contributed by atoms with Crippen LogP contribution in [0.5, 0.6) is 0 Å². The van der Waals surface area contributed by atoms with Gasteiger partial charge in [-0.05, 0) is 39.0 Å². The molecule has 0 bridgehead atoms. The first kappa shape index (κ1) is 14.1. The van der Waals surface area contributed by atoms with Gasteiger partial charge in [-0.3, -0.25) is 0 Å². The molecule has 5 heteroatoms. The van der Waals surface area contributed by atoms with E-state index in [-0.39, 0.29) is 0 Å². The third-order valence-electron chi connectivity index (χ3n) is 4.04. The number of aromatic nitrogens is 3. The van der Waals surface area contributed by atoms with Crippen molar-refractivity contribution in [2.75, 3.05) is 0 Å². The van der Waals surface area contributed by atoms with Crippen LogP contribution in [0.15, 0.2) is 5.38 Å². The molecule has 2 heterocycles. The largest absolute Gasteiger partial charge is 0.322 e. The maximum absolute atomic E-state index is 5.88. The second-order valence-electron chi connectivity index (χ2n) is 5.36. The van der Waals surface area contributed by atoms with Gasteiger partial charge in [-0.15, -0.1) is 22.9 Å². The Labute approximate surface area is 129 Å². The summed E-state index contributed by atoms with van der Waals surface area (Å²) in [4.78, 5) is 9.47. The summed E-state index contributed by atoms with van der Waals surface area (Å²) < 4.78 is 2.42. The molecule has 0 fully saturated rings. The van der Waals surface area contributed by atoms with Gasteiger partial charge < -0.3 is 4.57 Å². The number of halogens is 1. The summed E-state index contributed by atoms with van der Waals surface area (Å²) in [6.07, 6.45) is 5.87. The Morgan fingerprint density at radius 1 is 1.35 bits per heavy atom. The number of rotatable bonds is 4. The van der Waals surface area contributed by atoms with Crippen LogP contribution in [0.4, 0.5) is 0 Å². The van der Waals surface area contributed by atoms with E-state index in [0.717, 1.165) is 35.8 Å². The van der Waals surface area contributed by atoms with Crippen molar-refractivity contribution in [3.63, 3.8) is 0 Å². The molecular formula is C15H20ClN3S. The minimum absolute atomic E-state index is 0.311. The third-order valence-corrected chi connectivity index (χ3v) is 5.30. The van der Waals surface area contributed by atoms with Gasteiger partial charge in [0, 0.05) is 11.1 Å². The standard InChI is InChI=1S/C15H20ClN3S/c1-3-13(15-18-11(8-16)9-20-15)19-10(2)17-12-6-4-5-7-14(12)19/h9,13H,3-8H2,1-2H3. The molecule has 0 saturated heterocycles. The Hall–Kier alpha value is -0.870. The lowest BCUT2D eigenvalue weighted by molar-refractivity contribution is 0.514. The zero-order valence-electron chi connectivity index (χ0n) is 12.0. The van der Waals surface area contributed by atoms with Gasteiger partial charge in [0.05, 0.1) is 23.3 Å². The molecule has 3 nitrogen and oxygen atoms in total. The molecule has 1 aliphatic carbocycles. The first-order chi connectivity index (χ1) is 9.74. The van der Waals surface area contributed by atoms with Crippen LogP contribution in [0.3, 0.4) is 0 Å². The molecule has 1 aliphatic rings. The predicted octanol–water partition coefficient (Wildman–Crippen LogP) is 4.27. The van der Waals surface area contributed by atoms with E-state index in [2.05, 4.69) is 28.8 Å². The van der Waals surface area contributed by atoms with E-state index < -0.39 is 0 Å². The van der Waals surface area contributed by atoms with Crippen molar-refractivity contribution >= 4 is 22.9 Å². The zero-order valence-corrected chi connectivity index (χ0v) is 13.6. The monoisotopic (exact) mass is 309 g/mol. The third kappa shape index (κ3) is 2.40. The van der Waals surface area contributed by atoms with Gasteiger partial charge in [0.25, 0.3) is 0 Å². The SMILES string of the molecule is CCC(c1nc(CCl)cs1)n1c(C)nc2c1CCCC2. The molecule has 1 atom stereocenters. The molecule has 0 amide bonds. The summed E-state index contributed by atoms with van der Waals surface area (Å²) in [7, 11) is 0. The number of nitrogens with zero attached hydrogens (tertiary/aromatic N) is 3. The van der Waals surface area contributed by atoms with E-state index in [1.807, 2.05) is 0 Å². The molecule has 0 saturated carbocycles. The first-order valence-electron chi connectivity index (χ1n) is 7.31. The lowest BCUT2D eigenvalue weighted by atomic mass is 10.0. The highest BCUT2D eigenvalue weighted by Gasteiger charge is 2.25. The summed E-state index contributed by atoms with van der Waals surface area (Å²) in [6, 6.07) is 0.311. The van der Waals surface area contributed by atoms with Crippen LogP contribution in [-0.4, -0.2) is 14.5 Å². The Balaban J connectivity index is 2.03. The van der Waals surface area contributed by atoms with Crippen LogP contribution in [-0.2, 0) is 18.7 Å².